The smallest absolute Gasteiger partial charge is 0.238 e. The van der Waals surface area contributed by atoms with Crippen molar-refractivity contribution in [2.75, 3.05) is 39.5 Å². The van der Waals surface area contributed by atoms with E-state index in [9.17, 15) is 4.79 Å². The molecule has 0 aliphatic rings. The fourth-order valence-electron chi connectivity index (χ4n) is 1.84. The Morgan fingerprint density at radius 2 is 1.63 bits per heavy atom. The van der Waals surface area contributed by atoms with Gasteiger partial charge in [-0.25, -0.2) is 5.84 Å². The number of hydrogen-bond acceptors (Lipinski definition) is 5. The van der Waals surface area contributed by atoms with Crippen LogP contribution in [-0.2, 0) is 14.3 Å². The molecule has 0 saturated heterocycles. The standard InChI is InChI=1S/C13H29N3O3/c1-5-18-9-7-16(8-10-19-6-2)12(4)11(3)13(17)15-14/h11-12H,5-10,14H2,1-4H3,(H,15,17). The maximum atomic E-state index is 11.6. The first-order chi connectivity index (χ1) is 9.08. The van der Waals surface area contributed by atoms with Gasteiger partial charge in [-0.05, 0) is 20.8 Å². The maximum Gasteiger partial charge on any atom is 0.238 e. The second-order valence-corrected chi connectivity index (χ2v) is 4.47. The van der Waals surface area contributed by atoms with Gasteiger partial charge in [-0.2, -0.15) is 0 Å². The third kappa shape index (κ3) is 7.47. The van der Waals surface area contributed by atoms with Crippen LogP contribution >= 0.6 is 0 Å². The number of hydrazine groups is 1. The molecular weight excluding hydrogens is 246 g/mol. The topological polar surface area (TPSA) is 76.8 Å². The van der Waals surface area contributed by atoms with Crippen LogP contribution in [0.4, 0.5) is 0 Å². The van der Waals surface area contributed by atoms with Crippen LogP contribution in [0, 0.1) is 5.92 Å². The van der Waals surface area contributed by atoms with Crippen molar-refractivity contribution >= 4 is 5.91 Å². The molecule has 0 heterocycles. The number of nitrogens with two attached hydrogens (primary N) is 1. The molecule has 0 radical (unpaired) electrons. The summed E-state index contributed by atoms with van der Waals surface area (Å²) in [6, 6.07) is 0.0875. The molecule has 0 bridgehead atoms. The van der Waals surface area contributed by atoms with Crippen molar-refractivity contribution in [2.24, 2.45) is 11.8 Å². The molecule has 6 nitrogen and oxygen atoms in total. The molecule has 0 aromatic rings. The molecule has 2 atom stereocenters. The summed E-state index contributed by atoms with van der Waals surface area (Å²) in [6.45, 7) is 12.1. The van der Waals surface area contributed by atoms with Gasteiger partial charge in [0.2, 0.25) is 5.91 Å². The van der Waals surface area contributed by atoms with E-state index < -0.39 is 0 Å². The molecule has 0 aliphatic carbocycles. The van der Waals surface area contributed by atoms with E-state index >= 15 is 0 Å². The number of nitrogens with zero attached hydrogens (tertiary/aromatic N) is 1. The van der Waals surface area contributed by atoms with E-state index in [1.54, 1.807) is 0 Å². The molecule has 19 heavy (non-hydrogen) atoms. The molecule has 0 aromatic carbocycles. The maximum absolute atomic E-state index is 11.6. The molecular formula is C13H29N3O3. The zero-order valence-electron chi connectivity index (χ0n) is 12.6. The number of amides is 1. The molecule has 114 valence electrons. The minimum Gasteiger partial charge on any atom is -0.380 e. The number of nitrogens with one attached hydrogen (secondary N) is 1. The van der Waals surface area contributed by atoms with Gasteiger partial charge in [0.25, 0.3) is 0 Å². The van der Waals surface area contributed by atoms with E-state index in [1.807, 2.05) is 27.7 Å². The van der Waals surface area contributed by atoms with Gasteiger partial charge in [-0.1, -0.05) is 6.92 Å². The van der Waals surface area contributed by atoms with Crippen LogP contribution in [-0.4, -0.2) is 56.4 Å². The molecule has 0 fully saturated rings. The van der Waals surface area contributed by atoms with Crippen LogP contribution in [0.25, 0.3) is 0 Å². The average molecular weight is 275 g/mol. The summed E-state index contributed by atoms with van der Waals surface area (Å²) < 4.78 is 10.8. The predicted octanol–water partition coefficient (Wildman–Crippen LogP) is 0.376. The van der Waals surface area contributed by atoms with Crippen LogP contribution in [0.5, 0.6) is 0 Å². The van der Waals surface area contributed by atoms with Gasteiger partial charge in [0.1, 0.15) is 0 Å². The predicted molar refractivity (Wildman–Crippen MR) is 75.5 cm³/mol. The average Bonchev–Trinajstić information content (AvgIpc) is 2.43. The second kappa shape index (κ2) is 11.2. The summed E-state index contributed by atoms with van der Waals surface area (Å²) in [5, 5.41) is 0. The molecule has 6 heteroatoms. The van der Waals surface area contributed by atoms with Gasteiger partial charge in [0, 0.05) is 32.3 Å². The Labute approximate surface area is 116 Å². The fourth-order valence-corrected chi connectivity index (χ4v) is 1.84. The highest BCUT2D eigenvalue weighted by molar-refractivity contribution is 5.78. The number of hydrogen-bond donors (Lipinski definition) is 2. The minimum atomic E-state index is -0.173. The zero-order valence-corrected chi connectivity index (χ0v) is 12.6. The van der Waals surface area contributed by atoms with Crippen molar-refractivity contribution in [1.29, 1.82) is 0 Å². The van der Waals surface area contributed by atoms with Crippen molar-refractivity contribution in [3.63, 3.8) is 0 Å². The summed E-state index contributed by atoms with van der Waals surface area (Å²) in [5.41, 5.74) is 2.21. The summed E-state index contributed by atoms with van der Waals surface area (Å²) in [6.07, 6.45) is 0. The van der Waals surface area contributed by atoms with Crippen LogP contribution in [0.2, 0.25) is 0 Å². The van der Waals surface area contributed by atoms with Crippen LogP contribution in [0.3, 0.4) is 0 Å². The van der Waals surface area contributed by atoms with Gasteiger partial charge in [-0.3, -0.25) is 15.1 Å². The largest absolute Gasteiger partial charge is 0.380 e. The highest BCUT2D eigenvalue weighted by atomic mass is 16.5. The van der Waals surface area contributed by atoms with Gasteiger partial charge in [-0.15, -0.1) is 0 Å². The summed E-state index contributed by atoms with van der Waals surface area (Å²) in [4.78, 5) is 13.8. The van der Waals surface area contributed by atoms with E-state index in [0.717, 1.165) is 13.1 Å². The molecule has 3 N–H and O–H groups in total. The Balaban J connectivity index is 4.37. The Hall–Kier alpha value is -0.690. The highest BCUT2D eigenvalue weighted by Crippen LogP contribution is 2.11. The van der Waals surface area contributed by atoms with Gasteiger partial charge < -0.3 is 9.47 Å². The fraction of sp³-hybridized carbons (Fsp3) is 0.923. The van der Waals surface area contributed by atoms with Crippen molar-refractivity contribution in [2.45, 2.75) is 33.7 Å². The third-order valence-corrected chi connectivity index (χ3v) is 3.31. The van der Waals surface area contributed by atoms with Gasteiger partial charge in [0.05, 0.1) is 19.1 Å². The molecule has 2 unspecified atom stereocenters. The van der Waals surface area contributed by atoms with Crippen LogP contribution < -0.4 is 11.3 Å². The summed E-state index contributed by atoms with van der Waals surface area (Å²) >= 11 is 0. The Morgan fingerprint density at radius 3 is 2.00 bits per heavy atom. The second-order valence-electron chi connectivity index (χ2n) is 4.47. The minimum absolute atomic E-state index is 0.0875. The Kier molecular flexibility index (Phi) is 10.8. The molecule has 0 aliphatic heterocycles. The molecule has 1 amide bonds. The number of carbonyl (C=O) groups excluding carboxylic acids is 1. The SMILES string of the molecule is CCOCCN(CCOCC)C(C)C(C)C(=O)NN. The monoisotopic (exact) mass is 275 g/mol. The first-order valence-corrected chi connectivity index (χ1v) is 6.98. The molecule has 0 rings (SSSR count). The van der Waals surface area contributed by atoms with Crippen molar-refractivity contribution in [3.05, 3.63) is 0 Å². The van der Waals surface area contributed by atoms with Crippen molar-refractivity contribution < 1.29 is 14.3 Å². The Morgan fingerprint density at radius 1 is 1.16 bits per heavy atom. The van der Waals surface area contributed by atoms with Crippen LogP contribution in [0.1, 0.15) is 27.7 Å². The van der Waals surface area contributed by atoms with E-state index in [4.69, 9.17) is 15.3 Å². The molecule has 0 aromatic heterocycles. The van der Waals surface area contributed by atoms with Crippen LogP contribution in [0.15, 0.2) is 0 Å². The zero-order chi connectivity index (χ0) is 14.7. The number of rotatable bonds is 11. The number of ether oxygens (including phenoxy) is 2. The van der Waals surface area contributed by atoms with Gasteiger partial charge in [0.15, 0.2) is 0 Å². The van der Waals surface area contributed by atoms with E-state index in [1.165, 1.54) is 0 Å². The Bertz CT molecular complexity index is 229. The first kappa shape index (κ1) is 18.3. The van der Waals surface area contributed by atoms with E-state index in [-0.39, 0.29) is 17.9 Å². The van der Waals surface area contributed by atoms with E-state index in [2.05, 4.69) is 10.3 Å². The summed E-state index contributed by atoms with van der Waals surface area (Å²) in [7, 11) is 0. The first-order valence-electron chi connectivity index (χ1n) is 6.98. The lowest BCUT2D eigenvalue weighted by atomic mass is 10.0. The highest BCUT2D eigenvalue weighted by Gasteiger charge is 2.24. The lowest BCUT2D eigenvalue weighted by Gasteiger charge is -2.32. The van der Waals surface area contributed by atoms with Crippen molar-refractivity contribution in [3.8, 4) is 0 Å². The molecule has 0 spiro atoms. The number of carbonyl (C=O) groups is 1. The van der Waals surface area contributed by atoms with Gasteiger partial charge >= 0.3 is 0 Å². The van der Waals surface area contributed by atoms with E-state index in [0.29, 0.717) is 26.4 Å². The summed E-state index contributed by atoms with van der Waals surface area (Å²) in [5.74, 6) is 4.87. The lowest BCUT2D eigenvalue weighted by Crippen LogP contribution is -2.48. The lowest BCUT2D eigenvalue weighted by molar-refractivity contribution is -0.126. The molecule has 0 saturated carbocycles. The normalized spacial score (nSPS) is 14.4. The van der Waals surface area contributed by atoms with Crippen molar-refractivity contribution in [1.82, 2.24) is 10.3 Å². The third-order valence-electron chi connectivity index (χ3n) is 3.31. The quantitative estimate of drug-likeness (QED) is 0.247.